The van der Waals surface area contributed by atoms with Gasteiger partial charge in [0, 0.05) is 6.54 Å². The van der Waals surface area contributed by atoms with Crippen LogP contribution in [0.15, 0.2) is 0 Å². The Kier molecular flexibility index (Phi) is 12.8. The molecule has 0 aliphatic rings. The van der Waals surface area contributed by atoms with Crippen molar-refractivity contribution < 1.29 is 14.7 Å². The molecule has 4 nitrogen and oxygen atoms in total. The molecule has 0 heterocycles. The van der Waals surface area contributed by atoms with E-state index in [4.69, 9.17) is 5.11 Å². The maximum Gasteiger partial charge on any atom is 0.316 e. The molecule has 1 amide bonds. The van der Waals surface area contributed by atoms with Crippen molar-refractivity contribution in [2.75, 3.05) is 12.3 Å². The minimum Gasteiger partial charge on any atom is -0.480 e. The smallest absolute Gasteiger partial charge is 0.316 e. The van der Waals surface area contributed by atoms with Crippen LogP contribution in [-0.2, 0) is 9.59 Å². The molecule has 20 heavy (non-hydrogen) atoms. The Hall–Kier alpha value is -0.710. The summed E-state index contributed by atoms with van der Waals surface area (Å²) in [7, 11) is 0. The van der Waals surface area contributed by atoms with Crippen LogP contribution in [0.2, 0.25) is 0 Å². The van der Waals surface area contributed by atoms with Crippen LogP contribution in [0.3, 0.4) is 0 Å². The fourth-order valence-corrected chi connectivity index (χ4v) is 2.46. The van der Waals surface area contributed by atoms with E-state index in [0.29, 0.717) is 6.54 Å². The van der Waals surface area contributed by atoms with E-state index in [0.717, 1.165) is 24.6 Å². The van der Waals surface area contributed by atoms with E-state index in [1.165, 1.54) is 38.5 Å². The van der Waals surface area contributed by atoms with E-state index < -0.39 is 11.2 Å². The van der Waals surface area contributed by atoms with Gasteiger partial charge in [0.1, 0.15) is 0 Å². The number of thioether (sulfide) groups is 1. The number of carbonyl (C=O) groups excluding carboxylic acids is 1. The molecule has 0 aromatic heterocycles. The van der Waals surface area contributed by atoms with Gasteiger partial charge in [-0.05, 0) is 13.3 Å². The van der Waals surface area contributed by atoms with Gasteiger partial charge in [-0.25, -0.2) is 0 Å². The van der Waals surface area contributed by atoms with Crippen molar-refractivity contribution in [3.05, 3.63) is 0 Å². The largest absolute Gasteiger partial charge is 0.480 e. The van der Waals surface area contributed by atoms with Crippen molar-refractivity contribution in [1.82, 2.24) is 5.32 Å². The number of aliphatic carboxylic acids is 1. The fraction of sp³-hybridized carbons (Fsp3) is 0.867. The lowest BCUT2D eigenvalue weighted by Crippen LogP contribution is -2.27. The van der Waals surface area contributed by atoms with Crippen molar-refractivity contribution in [3.8, 4) is 0 Å². The average molecular weight is 303 g/mol. The van der Waals surface area contributed by atoms with Crippen LogP contribution in [-0.4, -0.2) is 34.5 Å². The lowest BCUT2D eigenvalue weighted by Gasteiger charge is -2.07. The Morgan fingerprint density at radius 2 is 1.60 bits per heavy atom. The molecule has 0 saturated carbocycles. The van der Waals surface area contributed by atoms with Gasteiger partial charge in [0.25, 0.3) is 0 Å². The first-order chi connectivity index (χ1) is 9.57. The standard InChI is InChI=1S/C15H29NO3S/c1-3-4-5-6-7-8-9-10-11-16-14(17)12-20-13(2)15(18)19/h13H,3-12H2,1-2H3,(H,16,17)(H,18,19). The molecule has 0 aromatic rings. The number of carbonyl (C=O) groups is 2. The van der Waals surface area contributed by atoms with Crippen LogP contribution in [0.25, 0.3) is 0 Å². The van der Waals surface area contributed by atoms with E-state index in [9.17, 15) is 9.59 Å². The van der Waals surface area contributed by atoms with Crippen molar-refractivity contribution in [2.24, 2.45) is 0 Å². The highest BCUT2D eigenvalue weighted by atomic mass is 32.2. The molecule has 2 N–H and O–H groups in total. The second-order valence-electron chi connectivity index (χ2n) is 5.12. The monoisotopic (exact) mass is 303 g/mol. The molecular weight excluding hydrogens is 274 g/mol. The van der Waals surface area contributed by atoms with E-state index in [-0.39, 0.29) is 11.7 Å². The van der Waals surface area contributed by atoms with Gasteiger partial charge in [-0.2, -0.15) is 0 Å². The molecule has 0 aliphatic heterocycles. The van der Waals surface area contributed by atoms with Gasteiger partial charge in [-0.15, -0.1) is 11.8 Å². The van der Waals surface area contributed by atoms with Crippen LogP contribution >= 0.6 is 11.8 Å². The van der Waals surface area contributed by atoms with Gasteiger partial charge in [-0.1, -0.05) is 51.9 Å². The Labute approximate surface area is 127 Å². The van der Waals surface area contributed by atoms with Crippen LogP contribution in [0.4, 0.5) is 0 Å². The normalized spacial score (nSPS) is 12.1. The van der Waals surface area contributed by atoms with Crippen LogP contribution in [0, 0.1) is 0 Å². The molecule has 0 rings (SSSR count). The summed E-state index contributed by atoms with van der Waals surface area (Å²) < 4.78 is 0. The number of amides is 1. The summed E-state index contributed by atoms with van der Waals surface area (Å²) >= 11 is 1.16. The molecule has 0 spiro atoms. The third-order valence-electron chi connectivity index (χ3n) is 3.16. The first kappa shape index (κ1) is 19.3. The van der Waals surface area contributed by atoms with Gasteiger partial charge < -0.3 is 10.4 Å². The Bertz CT molecular complexity index is 272. The van der Waals surface area contributed by atoms with Crippen LogP contribution < -0.4 is 5.32 Å². The maximum atomic E-state index is 11.5. The highest BCUT2D eigenvalue weighted by Gasteiger charge is 2.12. The molecule has 0 bridgehead atoms. The minimum atomic E-state index is -0.870. The zero-order valence-electron chi connectivity index (χ0n) is 12.8. The zero-order valence-corrected chi connectivity index (χ0v) is 13.6. The highest BCUT2D eigenvalue weighted by molar-refractivity contribution is 8.01. The lowest BCUT2D eigenvalue weighted by molar-refractivity contribution is -0.136. The molecule has 0 fully saturated rings. The SMILES string of the molecule is CCCCCCCCCCNC(=O)CSC(C)C(=O)O. The van der Waals surface area contributed by atoms with Crippen molar-refractivity contribution in [1.29, 1.82) is 0 Å². The van der Waals surface area contributed by atoms with Crippen molar-refractivity contribution >= 4 is 23.6 Å². The van der Waals surface area contributed by atoms with E-state index in [1.807, 2.05) is 0 Å². The number of hydrogen-bond acceptors (Lipinski definition) is 3. The molecule has 0 radical (unpaired) electrons. The number of hydrogen-bond donors (Lipinski definition) is 2. The van der Waals surface area contributed by atoms with Gasteiger partial charge in [-0.3, -0.25) is 9.59 Å². The Morgan fingerprint density at radius 1 is 1.05 bits per heavy atom. The number of carboxylic acid groups (broad SMARTS) is 1. The van der Waals surface area contributed by atoms with Gasteiger partial charge in [0.2, 0.25) is 5.91 Å². The summed E-state index contributed by atoms with van der Waals surface area (Å²) in [4.78, 5) is 22.0. The van der Waals surface area contributed by atoms with E-state index in [2.05, 4.69) is 12.2 Å². The van der Waals surface area contributed by atoms with Gasteiger partial charge >= 0.3 is 5.97 Å². The van der Waals surface area contributed by atoms with Gasteiger partial charge in [0.15, 0.2) is 0 Å². The van der Waals surface area contributed by atoms with Crippen molar-refractivity contribution in [3.63, 3.8) is 0 Å². The van der Waals surface area contributed by atoms with Crippen molar-refractivity contribution in [2.45, 2.75) is 70.5 Å². The zero-order chi connectivity index (χ0) is 15.2. The summed E-state index contributed by atoms with van der Waals surface area (Å²) in [6, 6.07) is 0. The first-order valence-electron chi connectivity index (χ1n) is 7.69. The molecule has 118 valence electrons. The third-order valence-corrected chi connectivity index (χ3v) is 4.30. The summed E-state index contributed by atoms with van der Waals surface area (Å²) in [5, 5.41) is 11.0. The first-order valence-corrected chi connectivity index (χ1v) is 8.74. The molecule has 0 aromatic carbocycles. The lowest BCUT2D eigenvalue weighted by atomic mass is 10.1. The Balaban J connectivity index is 3.29. The highest BCUT2D eigenvalue weighted by Crippen LogP contribution is 2.10. The molecule has 0 saturated heterocycles. The summed E-state index contributed by atoms with van der Waals surface area (Å²) in [5.41, 5.74) is 0. The molecule has 1 atom stereocenters. The Morgan fingerprint density at radius 3 is 2.15 bits per heavy atom. The molecule has 1 unspecified atom stereocenters. The van der Waals surface area contributed by atoms with Gasteiger partial charge in [0.05, 0.1) is 11.0 Å². The number of rotatable bonds is 13. The topological polar surface area (TPSA) is 66.4 Å². The molecular formula is C15H29NO3S. The fourth-order valence-electron chi connectivity index (χ4n) is 1.81. The quantitative estimate of drug-likeness (QED) is 0.511. The average Bonchev–Trinajstić information content (AvgIpc) is 2.42. The number of carboxylic acids is 1. The summed E-state index contributed by atoms with van der Waals surface area (Å²) in [6.45, 7) is 4.52. The molecule has 5 heteroatoms. The second kappa shape index (κ2) is 13.3. The predicted molar refractivity (Wildman–Crippen MR) is 85.2 cm³/mol. The van der Waals surface area contributed by atoms with Crippen LogP contribution in [0.1, 0.15) is 65.2 Å². The summed E-state index contributed by atoms with van der Waals surface area (Å²) in [5.74, 6) is -0.707. The predicted octanol–water partition coefficient (Wildman–Crippen LogP) is 3.45. The molecule has 0 aliphatic carbocycles. The third kappa shape index (κ3) is 12.3. The number of nitrogens with one attached hydrogen (secondary N) is 1. The number of unbranched alkanes of at least 4 members (excludes halogenated alkanes) is 7. The minimum absolute atomic E-state index is 0.0638. The summed E-state index contributed by atoms with van der Waals surface area (Å²) in [6.07, 6.45) is 9.98. The van der Waals surface area contributed by atoms with E-state index >= 15 is 0 Å². The van der Waals surface area contributed by atoms with Crippen LogP contribution in [0.5, 0.6) is 0 Å². The maximum absolute atomic E-state index is 11.5. The second-order valence-corrected chi connectivity index (χ2v) is 6.45. The van der Waals surface area contributed by atoms with E-state index in [1.54, 1.807) is 6.92 Å².